The molecule has 0 bridgehead atoms. The molecule has 1 atom stereocenters. The first-order chi connectivity index (χ1) is 18.2. The minimum Gasteiger partial charge on any atom is -0.324 e. The van der Waals surface area contributed by atoms with Gasteiger partial charge in [-0.3, -0.25) is 0 Å². The number of fused-ring (bicyclic) bond motifs is 3. The van der Waals surface area contributed by atoms with E-state index in [1.54, 1.807) is 0 Å². The molecule has 1 heterocycles. The van der Waals surface area contributed by atoms with Gasteiger partial charge in [-0.05, 0) is 62.1 Å². The quantitative estimate of drug-likeness (QED) is 0.240. The highest BCUT2D eigenvalue weighted by Crippen LogP contribution is 2.31. The van der Waals surface area contributed by atoms with Crippen LogP contribution in [0.5, 0.6) is 0 Å². The molecule has 1 aliphatic rings. The third kappa shape index (κ3) is 4.00. The number of amidine groups is 2. The average molecular weight is 540 g/mol. The first-order valence-electron chi connectivity index (χ1n) is 12.3. The van der Waals surface area contributed by atoms with Gasteiger partial charge in [0, 0.05) is 15.6 Å². The van der Waals surface area contributed by atoms with E-state index in [1.807, 2.05) is 0 Å². The van der Waals surface area contributed by atoms with Gasteiger partial charge >= 0.3 is 0 Å². The molecule has 3 nitrogen and oxygen atoms in total. The lowest BCUT2D eigenvalue weighted by Crippen LogP contribution is -2.36. The topological polar surface area (TPSA) is 36.8 Å². The zero-order valence-electron chi connectivity index (χ0n) is 19.9. The molecule has 6 aromatic carbocycles. The van der Waals surface area contributed by atoms with Crippen LogP contribution in [0.2, 0.25) is 0 Å². The van der Waals surface area contributed by atoms with E-state index in [2.05, 4.69) is 143 Å². The molecule has 4 heteroatoms. The van der Waals surface area contributed by atoms with Gasteiger partial charge in [-0.15, -0.1) is 0 Å². The van der Waals surface area contributed by atoms with E-state index in [0.29, 0.717) is 0 Å². The molecule has 0 saturated carbocycles. The molecular formula is C33H22BrN3. The van der Waals surface area contributed by atoms with Gasteiger partial charge in [0.2, 0.25) is 0 Å². The molecule has 0 radical (unpaired) electrons. The minimum atomic E-state index is -0.357. The second kappa shape index (κ2) is 8.99. The fourth-order valence-corrected chi connectivity index (χ4v) is 5.53. The van der Waals surface area contributed by atoms with Crippen molar-refractivity contribution in [3.8, 4) is 0 Å². The summed E-state index contributed by atoms with van der Waals surface area (Å²) in [5.41, 5.74) is 3.16. The van der Waals surface area contributed by atoms with Crippen LogP contribution in [0.3, 0.4) is 0 Å². The van der Waals surface area contributed by atoms with Crippen molar-refractivity contribution in [3.63, 3.8) is 0 Å². The standard InChI is InChI=1S/C33H22BrN3/c34-30-18-17-29(27-11-5-6-12-28(27)30)33-36-31(25-15-13-21-7-1-3-9-23(21)19-25)35-32(37-33)26-16-14-22-8-2-4-10-24(22)20-26/h1-20,31H,(H,35,36,37). The van der Waals surface area contributed by atoms with E-state index in [0.717, 1.165) is 43.6 Å². The fourth-order valence-electron chi connectivity index (χ4n) is 5.06. The predicted octanol–water partition coefficient (Wildman–Crippen LogP) is 8.40. The van der Waals surface area contributed by atoms with Crippen LogP contribution < -0.4 is 5.32 Å². The summed E-state index contributed by atoms with van der Waals surface area (Å²) in [6, 6.07) is 42.4. The summed E-state index contributed by atoms with van der Waals surface area (Å²) in [4.78, 5) is 10.3. The summed E-state index contributed by atoms with van der Waals surface area (Å²) in [5.74, 6) is 1.64. The molecule has 6 aromatic rings. The van der Waals surface area contributed by atoms with Gasteiger partial charge in [0.25, 0.3) is 0 Å². The second-order valence-corrected chi connectivity index (χ2v) is 10.1. The smallest absolute Gasteiger partial charge is 0.169 e. The van der Waals surface area contributed by atoms with Crippen LogP contribution in [0, 0.1) is 0 Å². The van der Waals surface area contributed by atoms with Crippen LogP contribution in [-0.4, -0.2) is 11.7 Å². The Morgan fingerprint density at radius 2 is 1.16 bits per heavy atom. The lowest BCUT2D eigenvalue weighted by atomic mass is 10.0. The van der Waals surface area contributed by atoms with Gasteiger partial charge in [-0.1, -0.05) is 113 Å². The fraction of sp³-hybridized carbons (Fsp3) is 0.0303. The van der Waals surface area contributed by atoms with E-state index < -0.39 is 0 Å². The number of hydrogen-bond donors (Lipinski definition) is 1. The van der Waals surface area contributed by atoms with Gasteiger partial charge in [0.1, 0.15) is 11.7 Å². The summed E-state index contributed by atoms with van der Waals surface area (Å²) in [5, 5.41) is 10.7. The maximum absolute atomic E-state index is 5.15. The van der Waals surface area contributed by atoms with Gasteiger partial charge in [-0.25, -0.2) is 9.98 Å². The van der Waals surface area contributed by atoms with Crippen molar-refractivity contribution in [3.05, 3.63) is 142 Å². The van der Waals surface area contributed by atoms with E-state index in [4.69, 9.17) is 9.98 Å². The van der Waals surface area contributed by atoms with Crippen molar-refractivity contribution >= 4 is 59.9 Å². The van der Waals surface area contributed by atoms with Crippen molar-refractivity contribution in [1.29, 1.82) is 0 Å². The Labute approximate surface area is 223 Å². The van der Waals surface area contributed by atoms with Crippen LogP contribution in [0.15, 0.2) is 136 Å². The van der Waals surface area contributed by atoms with E-state index in [-0.39, 0.29) is 6.17 Å². The second-order valence-electron chi connectivity index (χ2n) is 9.26. The Balaban J connectivity index is 1.41. The number of aliphatic imine (C=N–C) groups is 2. The molecule has 1 aliphatic heterocycles. The maximum Gasteiger partial charge on any atom is 0.169 e. The molecule has 1 unspecified atom stereocenters. The number of nitrogens with one attached hydrogen (secondary N) is 1. The Hall–Kier alpha value is -4.28. The zero-order valence-corrected chi connectivity index (χ0v) is 21.5. The molecule has 0 aliphatic carbocycles. The molecule has 37 heavy (non-hydrogen) atoms. The van der Waals surface area contributed by atoms with Crippen LogP contribution in [-0.2, 0) is 0 Å². The SMILES string of the molecule is Brc1ccc(C2=NC(c3ccc4ccccc4c3)N=C(c3ccc4ccccc4c3)N2)c2ccccc12. The molecule has 0 spiro atoms. The molecule has 1 N–H and O–H groups in total. The average Bonchev–Trinajstić information content (AvgIpc) is 2.97. The molecule has 0 aromatic heterocycles. The van der Waals surface area contributed by atoms with Crippen molar-refractivity contribution in [2.75, 3.05) is 0 Å². The van der Waals surface area contributed by atoms with Gasteiger partial charge in [-0.2, -0.15) is 0 Å². The predicted molar refractivity (Wildman–Crippen MR) is 158 cm³/mol. The number of rotatable bonds is 3. The normalized spacial score (nSPS) is 15.4. The van der Waals surface area contributed by atoms with Crippen LogP contribution in [0.4, 0.5) is 0 Å². The summed E-state index contributed by atoms with van der Waals surface area (Å²) < 4.78 is 1.07. The largest absolute Gasteiger partial charge is 0.324 e. The highest BCUT2D eigenvalue weighted by Gasteiger charge is 2.22. The third-order valence-corrected chi connectivity index (χ3v) is 7.65. The molecular weight excluding hydrogens is 518 g/mol. The Morgan fingerprint density at radius 3 is 1.95 bits per heavy atom. The Kier molecular flexibility index (Phi) is 5.33. The van der Waals surface area contributed by atoms with E-state index in [1.165, 1.54) is 21.5 Å². The number of nitrogens with zero attached hydrogens (tertiary/aromatic N) is 2. The maximum atomic E-state index is 5.15. The monoisotopic (exact) mass is 539 g/mol. The Morgan fingerprint density at radius 1 is 0.541 bits per heavy atom. The van der Waals surface area contributed by atoms with Crippen LogP contribution in [0.1, 0.15) is 22.9 Å². The van der Waals surface area contributed by atoms with Gasteiger partial charge in [0.05, 0.1) is 0 Å². The summed E-state index contributed by atoms with van der Waals surface area (Å²) in [7, 11) is 0. The summed E-state index contributed by atoms with van der Waals surface area (Å²) >= 11 is 3.71. The molecule has 7 rings (SSSR count). The number of halogens is 1. The van der Waals surface area contributed by atoms with E-state index >= 15 is 0 Å². The number of benzene rings is 6. The highest BCUT2D eigenvalue weighted by molar-refractivity contribution is 9.10. The highest BCUT2D eigenvalue weighted by atomic mass is 79.9. The third-order valence-electron chi connectivity index (χ3n) is 6.96. The Bertz CT molecular complexity index is 1890. The van der Waals surface area contributed by atoms with Crippen molar-refractivity contribution in [1.82, 2.24) is 5.32 Å². The van der Waals surface area contributed by atoms with E-state index in [9.17, 15) is 0 Å². The van der Waals surface area contributed by atoms with Crippen molar-refractivity contribution < 1.29 is 0 Å². The van der Waals surface area contributed by atoms with Gasteiger partial charge < -0.3 is 5.32 Å². The lowest BCUT2D eigenvalue weighted by Gasteiger charge is -2.23. The number of hydrogen-bond acceptors (Lipinski definition) is 3. The van der Waals surface area contributed by atoms with Gasteiger partial charge in [0.15, 0.2) is 6.17 Å². The summed E-state index contributed by atoms with van der Waals surface area (Å²) in [6.45, 7) is 0. The minimum absolute atomic E-state index is 0.357. The molecule has 0 amide bonds. The van der Waals surface area contributed by atoms with Crippen molar-refractivity contribution in [2.45, 2.75) is 6.17 Å². The van der Waals surface area contributed by atoms with Crippen LogP contribution >= 0.6 is 15.9 Å². The molecule has 176 valence electrons. The first-order valence-corrected chi connectivity index (χ1v) is 13.1. The molecule has 0 saturated heterocycles. The zero-order chi connectivity index (χ0) is 24.8. The first kappa shape index (κ1) is 22.0. The summed E-state index contributed by atoms with van der Waals surface area (Å²) in [6.07, 6.45) is -0.357. The molecule has 0 fully saturated rings. The van der Waals surface area contributed by atoms with Crippen LogP contribution in [0.25, 0.3) is 32.3 Å². The van der Waals surface area contributed by atoms with Crippen molar-refractivity contribution in [2.24, 2.45) is 9.98 Å². The lowest BCUT2D eigenvalue weighted by molar-refractivity contribution is 0.757.